The molecule has 0 amide bonds. The van der Waals surface area contributed by atoms with Gasteiger partial charge in [-0.05, 0) is 18.6 Å². The van der Waals surface area contributed by atoms with Gasteiger partial charge in [0.2, 0.25) is 0 Å². The van der Waals surface area contributed by atoms with E-state index in [1.54, 1.807) is 6.07 Å². The van der Waals surface area contributed by atoms with E-state index in [4.69, 9.17) is 26.3 Å². The van der Waals surface area contributed by atoms with Crippen molar-refractivity contribution in [2.45, 2.75) is 13.0 Å². The van der Waals surface area contributed by atoms with E-state index in [2.05, 4.69) is 0 Å². The van der Waals surface area contributed by atoms with E-state index in [0.29, 0.717) is 23.7 Å². The molecule has 4 nitrogen and oxygen atoms in total. The number of benzene rings is 2. The summed E-state index contributed by atoms with van der Waals surface area (Å²) in [4.78, 5) is 0. The van der Waals surface area contributed by atoms with Crippen LogP contribution >= 0.6 is 11.6 Å². The molecule has 0 fully saturated rings. The van der Waals surface area contributed by atoms with Crippen molar-refractivity contribution >= 4 is 11.6 Å². The molecule has 0 aromatic heterocycles. The average molecular weight is 318 g/mol. The number of nitriles is 1. The Labute approximate surface area is 134 Å². The van der Waals surface area contributed by atoms with E-state index in [0.717, 1.165) is 5.56 Å². The van der Waals surface area contributed by atoms with Crippen LogP contribution in [0.15, 0.2) is 42.5 Å². The Hall–Kier alpha value is -2.22. The number of aliphatic hydroxyl groups is 1. The third-order valence-electron chi connectivity index (χ3n) is 3.01. The van der Waals surface area contributed by atoms with Crippen molar-refractivity contribution in [2.24, 2.45) is 0 Å². The zero-order chi connectivity index (χ0) is 15.9. The van der Waals surface area contributed by atoms with Crippen LogP contribution in [-0.4, -0.2) is 18.3 Å². The summed E-state index contributed by atoms with van der Waals surface area (Å²) in [7, 11) is 0. The second-order valence-corrected chi connectivity index (χ2v) is 4.97. The van der Waals surface area contributed by atoms with Crippen molar-refractivity contribution in [3.63, 3.8) is 0 Å². The van der Waals surface area contributed by atoms with E-state index in [-0.39, 0.29) is 11.6 Å². The van der Waals surface area contributed by atoms with Gasteiger partial charge in [-0.2, -0.15) is 5.26 Å². The van der Waals surface area contributed by atoms with Crippen LogP contribution in [0, 0.1) is 11.3 Å². The Morgan fingerprint density at radius 2 is 1.95 bits per heavy atom. The van der Waals surface area contributed by atoms with Crippen LogP contribution in [0.4, 0.5) is 0 Å². The van der Waals surface area contributed by atoms with Crippen molar-refractivity contribution < 1.29 is 14.6 Å². The molecule has 0 aliphatic rings. The molecule has 5 heteroatoms. The lowest BCUT2D eigenvalue weighted by Crippen LogP contribution is -2.10. The molecule has 0 aliphatic carbocycles. The minimum absolute atomic E-state index is 0.0374. The lowest BCUT2D eigenvalue weighted by atomic mass is 10.1. The highest BCUT2D eigenvalue weighted by molar-refractivity contribution is 6.32. The largest absolute Gasteiger partial charge is 0.490 e. The standard InChI is InChI=1S/C17H16ClNO3/c1-2-21-16-9-12(10-19)8-14(18)17(16)22-11-15(20)13-6-4-3-5-7-13/h3-9,15,20H,2,11H2,1H3. The van der Waals surface area contributed by atoms with E-state index in [9.17, 15) is 5.11 Å². The first-order valence-corrected chi connectivity index (χ1v) is 7.25. The van der Waals surface area contributed by atoms with Gasteiger partial charge in [-0.25, -0.2) is 0 Å². The normalized spacial score (nSPS) is 11.5. The minimum atomic E-state index is -0.776. The molecule has 0 radical (unpaired) electrons. The summed E-state index contributed by atoms with van der Waals surface area (Å²) in [6, 6.07) is 14.3. The van der Waals surface area contributed by atoms with Crippen molar-refractivity contribution in [3.8, 4) is 17.6 Å². The Bertz CT molecular complexity index is 668. The number of halogens is 1. The first kappa shape index (κ1) is 16.2. The Morgan fingerprint density at radius 3 is 2.59 bits per heavy atom. The Balaban J connectivity index is 2.17. The first-order chi connectivity index (χ1) is 10.7. The molecule has 0 spiro atoms. The van der Waals surface area contributed by atoms with Crippen LogP contribution in [0.5, 0.6) is 11.5 Å². The van der Waals surface area contributed by atoms with Gasteiger partial charge in [0.25, 0.3) is 0 Å². The highest BCUT2D eigenvalue weighted by Crippen LogP contribution is 2.37. The van der Waals surface area contributed by atoms with E-state index < -0.39 is 6.10 Å². The molecule has 2 aromatic carbocycles. The van der Waals surface area contributed by atoms with Crippen LogP contribution in [0.1, 0.15) is 24.2 Å². The van der Waals surface area contributed by atoms with Gasteiger partial charge in [-0.1, -0.05) is 41.9 Å². The van der Waals surface area contributed by atoms with Crippen LogP contribution in [0.25, 0.3) is 0 Å². The molecular formula is C17H16ClNO3. The monoisotopic (exact) mass is 317 g/mol. The quantitative estimate of drug-likeness (QED) is 0.882. The molecule has 0 heterocycles. The molecule has 0 bridgehead atoms. The zero-order valence-corrected chi connectivity index (χ0v) is 12.9. The number of ether oxygens (including phenoxy) is 2. The highest BCUT2D eigenvalue weighted by Gasteiger charge is 2.15. The van der Waals surface area contributed by atoms with E-state index in [1.807, 2.05) is 43.3 Å². The summed E-state index contributed by atoms with van der Waals surface area (Å²) < 4.78 is 11.1. The van der Waals surface area contributed by atoms with Crippen LogP contribution in [0.3, 0.4) is 0 Å². The number of aliphatic hydroxyl groups excluding tert-OH is 1. The molecule has 1 atom stereocenters. The third-order valence-corrected chi connectivity index (χ3v) is 3.29. The summed E-state index contributed by atoms with van der Waals surface area (Å²) in [6.07, 6.45) is -0.776. The average Bonchev–Trinajstić information content (AvgIpc) is 2.54. The summed E-state index contributed by atoms with van der Waals surface area (Å²) in [5.74, 6) is 0.726. The van der Waals surface area contributed by atoms with Gasteiger partial charge in [0, 0.05) is 6.07 Å². The fourth-order valence-corrected chi connectivity index (χ4v) is 2.23. The summed E-state index contributed by atoms with van der Waals surface area (Å²) in [5.41, 5.74) is 1.15. The van der Waals surface area contributed by atoms with Crippen LogP contribution < -0.4 is 9.47 Å². The molecule has 1 N–H and O–H groups in total. The molecule has 2 aromatic rings. The van der Waals surface area contributed by atoms with Gasteiger partial charge in [0.1, 0.15) is 12.7 Å². The minimum Gasteiger partial charge on any atom is -0.490 e. The number of hydrogen-bond donors (Lipinski definition) is 1. The van der Waals surface area contributed by atoms with Crippen molar-refractivity contribution in [3.05, 3.63) is 58.6 Å². The van der Waals surface area contributed by atoms with Crippen molar-refractivity contribution in [2.75, 3.05) is 13.2 Å². The molecule has 0 aliphatic heterocycles. The molecule has 1 unspecified atom stereocenters. The van der Waals surface area contributed by atoms with Gasteiger partial charge in [-0.15, -0.1) is 0 Å². The maximum atomic E-state index is 10.1. The van der Waals surface area contributed by atoms with E-state index >= 15 is 0 Å². The second-order valence-electron chi connectivity index (χ2n) is 4.57. The van der Waals surface area contributed by atoms with Crippen molar-refractivity contribution in [1.29, 1.82) is 5.26 Å². The first-order valence-electron chi connectivity index (χ1n) is 6.88. The molecule has 114 valence electrons. The Kier molecular flexibility index (Phi) is 5.65. The highest BCUT2D eigenvalue weighted by atomic mass is 35.5. The smallest absolute Gasteiger partial charge is 0.179 e. The summed E-state index contributed by atoms with van der Waals surface area (Å²) in [5, 5.41) is 19.4. The van der Waals surface area contributed by atoms with Crippen molar-refractivity contribution in [1.82, 2.24) is 0 Å². The van der Waals surface area contributed by atoms with Gasteiger partial charge in [-0.3, -0.25) is 0 Å². The SMILES string of the molecule is CCOc1cc(C#N)cc(Cl)c1OCC(O)c1ccccc1. The predicted octanol–water partition coefficient (Wildman–Crippen LogP) is 3.72. The van der Waals surface area contributed by atoms with Gasteiger partial charge >= 0.3 is 0 Å². The molecule has 0 saturated carbocycles. The fourth-order valence-electron chi connectivity index (χ4n) is 1.97. The summed E-state index contributed by atoms with van der Waals surface area (Å²) >= 11 is 6.14. The predicted molar refractivity (Wildman–Crippen MR) is 84.2 cm³/mol. The molecule has 0 saturated heterocycles. The number of rotatable bonds is 6. The summed E-state index contributed by atoms with van der Waals surface area (Å²) in [6.45, 7) is 2.29. The maximum Gasteiger partial charge on any atom is 0.179 e. The second kappa shape index (κ2) is 7.69. The third kappa shape index (κ3) is 3.91. The Morgan fingerprint density at radius 1 is 1.23 bits per heavy atom. The zero-order valence-electron chi connectivity index (χ0n) is 12.1. The van der Waals surface area contributed by atoms with Crippen LogP contribution in [-0.2, 0) is 0 Å². The lowest BCUT2D eigenvalue weighted by Gasteiger charge is -2.16. The number of hydrogen-bond acceptors (Lipinski definition) is 4. The van der Waals surface area contributed by atoms with Gasteiger partial charge < -0.3 is 14.6 Å². The van der Waals surface area contributed by atoms with E-state index in [1.165, 1.54) is 6.07 Å². The molecular weight excluding hydrogens is 302 g/mol. The van der Waals surface area contributed by atoms with Gasteiger partial charge in [0.15, 0.2) is 11.5 Å². The number of nitrogens with zero attached hydrogens (tertiary/aromatic N) is 1. The lowest BCUT2D eigenvalue weighted by molar-refractivity contribution is 0.106. The van der Waals surface area contributed by atoms with Crippen LogP contribution in [0.2, 0.25) is 5.02 Å². The fraction of sp³-hybridized carbons (Fsp3) is 0.235. The maximum absolute atomic E-state index is 10.1. The molecule has 2 rings (SSSR count). The molecule has 22 heavy (non-hydrogen) atoms. The topological polar surface area (TPSA) is 62.5 Å². The van der Waals surface area contributed by atoms with Gasteiger partial charge in [0.05, 0.1) is 23.3 Å².